The average Bonchev–Trinajstić information content (AvgIpc) is 2.61. The van der Waals surface area contributed by atoms with Crippen LogP contribution in [0.1, 0.15) is 19.4 Å². The van der Waals surface area contributed by atoms with E-state index in [0.29, 0.717) is 17.6 Å². The summed E-state index contributed by atoms with van der Waals surface area (Å²) >= 11 is 2.23. The van der Waals surface area contributed by atoms with Crippen LogP contribution in [0.25, 0.3) is 0 Å². The molecule has 5 heteroatoms. The second-order valence-electron chi connectivity index (χ2n) is 5.48. The summed E-state index contributed by atoms with van der Waals surface area (Å²) in [6.45, 7) is 3.21. The fourth-order valence-electron chi connectivity index (χ4n) is 2.03. The number of nitrogens with one attached hydrogen (secondary N) is 1. The summed E-state index contributed by atoms with van der Waals surface area (Å²) in [5, 5.41) is 3.06. The van der Waals surface area contributed by atoms with Crippen molar-refractivity contribution in [2.75, 3.05) is 5.32 Å². The Balaban J connectivity index is 2.08. The molecule has 2 aromatic rings. The van der Waals surface area contributed by atoms with E-state index in [4.69, 9.17) is 4.74 Å². The van der Waals surface area contributed by atoms with Crippen molar-refractivity contribution >= 4 is 40.5 Å². The van der Waals surface area contributed by atoms with Crippen molar-refractivity contribution in [3.8, 4) is 0 Å². The highest BCUT2D eigenvalue weighted by Gasteiger charge is 2.37. The Labute approximate surface area is 155 Å². The van der Waals surface area contributed by atoms with Gasteiger partial charge in [0, 0.05) is 15.5 Å². The summed E-state index contributed by atoms with van der Waals surface area (Å²) in [6.07, 6.45) is 2.21. The molecule has 124 valence electrons. The molecule has 1 unspecified atom stereocenters. The lowest BCUT2D eigenvalue weighted by atomic mass is 9.84. The van der Waals surface area contributed by atoms with Gasteiger partial charge < -0.3 is 14.8 Å². The van der Waals surface area contributed by atoms with E-state index in [1.165, 1.54) is 0 Å². The van der Waals surface area contributed by atoms with Gasteiger partial charge in [-0.25, -0.2) is 0 Å². The van der Waals surface area contributed by atoms with Crippen molar-refractivity contribution in [1.82, 2.24) is 0 Å². The number of hydrogen-bond donors (Lipinski definition) is 1. The van der Waals surface area contributed by atoms with Crippen LogP contribution in [0.2, 0.25) is 0 Å². The molecule has 2 rings (SSSR count). The maximum atomic E-state index is 12.4. The molecule has 0 spiro atoms. The Bertz CT molecular complexity index is 741. The van der Waals surface area contributed by atoms with Gasteiger partial charge in [-0.2, -0.15) is 0 Å². The van der Waals surface area contributed by atoms with Crippen molar-refractivity contribution < 1.29 is 14.3 Å². The maximum absolute atomic E-state index is 12.4. The van der Waals surface area contributed by atoms with Crippen LogP contribution in [0.5, 0.6) is 0 Å². The van der Waals surface area contributed by atoms with E-state index in [0.717, 1.165) is 9.26 Å². The van der Waals surface area contributed by atoms with Gasteiger partial charge in [-0.15, -0.1) is 0 Å². The maximum Gasteiger partial charge on any atom is 0.328 e. The Morgan fingerprint density at radius 2 is 1.75 bits per heavy atom. The summed E-state index contributed by atoms with van der Waals surface area (Å²) in [6, 6.07) is 16.7. The van der Waals surface area contributed by atoms with Gasteiger partial charge in [-0.05, 0) is 66.3 Å². The third-order valence-corrected chi connectivity index (χ3v) is 4.29. The summed E-state index contributed by atoms with van der Waals surface area (Å²) in [4.78, 5) is 24.0. The number of allylic oxidation sites excluding steroid dienone is 1. The molecule has 0 heterocycles. The molecule has 24 heavy (non-hydrogen) atoms. The van der Waals surface area contributed by atoms with E-state index in [-0.39, 0.29) is 0 Å². The van der Waals surface area contributed by atoms with Crippen LogP contribution < -0.4 is 5.32 Å². The average molecular weight is 435 g/mol. The highest BCUT2D eigenvalue weighted by atomic mass is 127. The van der Waals surface area contributed by atoms with Gasteiger partial charge in [0.05, 0.1) is 0 Å². The number of rotatable bonds is 6. The van der Waals surface area contributed by atoms with Gasteiger partial charge in [0.15, 0.2) is 0 Å². The first-order chi connectivity index (χ1) is 11.5. The minimum absolute atomic E-state index is 0.377. The van der Waals surface area contributed by atoms with E-state index in [2.05, 4.69) is 27.9 Å². The predicted molar refractivity (Wildman–Crippen MR) is 102 cm³/mol. The van der Waals surface area contributed by atoms with Crippen LogP contribution in [-0.2, 0) is 19.7 Å². The van der Waals surface area contributed by atoms with Gasteiger partial charge in [0.2, 0.25) is 0 Å². The zero-order valence-electron chi connectivity index (χ0n) is 13.5. The molecule has 0 aliphatic carbocycles. The second-order valence-corrected chi connectivity index (χ2v) is 6.73. The van der Waals surface area contributed by atoms with Crippen LogP contribution in [0.15, 0.2) is 66.6 Å². The lowest BCUT2D eigenvalue weighted by molar-refractivity contribution is -0.147. The smallest absolute Gasteiger partial charge is 0.328 e. The molecule has 0 aromatic heterocycles. The number of esters is 1. The molecule has 1 atom stereocenters. The number of aldehydes is 1. The van der Waals surface area contributed by atoms with Crippen molar-refractivity contribution in [1.29, 1.82) is 0 Å². The molecular weight excluding hydrogens is 417 g/mol. The lowest BCUT2D eigenvalue weighted by Gasteiger charge is -2.21. The number of carbonyl (C=O) groups excluding carboxylic acids is 2. The minimum Gasteiger partial charge on any atom is -0.429 e. The normalized spacial score (nSPS) is 13.7. The summed E-state index contributed by atoms with van der Waals surface area (Å²) < 4.78 is 6.47. The van der Waals surface area contributed by atoms with Crippen LogP contribution in [0, 0.1) is 3.57 Å². The van der Waals surface area contributed by atoms with Crippen LogP contribution in [0.3, 0.4) is 0 Å². The van der Waals surface area contributed by atoms with E-state index >= 15 is 0 Å². The molecule has 0 aliphatic heterocycles. The summed E-state index contributed by atoms with van der Waals surface area (Å²) in [7, 11) is 0. The summed E-state index contributed by atoms with van der Waals surface area (Å²) in [5.74, 6) is -0.232. The van der Waals surface area contributed by atoms with Gasteiger partial charge in [-0.1, -0.05) is 30.3 Å². The Kier molecular flexibility index (Phi) is 6.14. The number of benzene rings is 2. The van der Waals surface area contributed by atoms with Crippen molar-refractivity contribution in [3.05, 3.63) is 75.7 Å². The molecular formula is C19H18INO3. The first kappa shape index (κ1) is 18.2. The third-order valence-electron chi connectivity index (χ3n) is 3.57. The first-order valence-corrected chi connectivity index (χ1v) is 8.46. The van der Waals surface area contributed by atoms with Crippen molar-refractivity contribution in [3.63, 3.8) is 0 Å². The monoisotopic (exact) mass is 435 g/mol. The number of hydrogen-bond acceptors (Lipinski definition) is 4. The van der Waals surface area contributed by atoms with E-state index < -0.39 is 11.4 Å². The Hall–Kier alpha value is -2.15. The van der Waals surface area contributed by atoms with Crippen molar-refractivity contribution in [2.45, 2.75) is 19.3 Å². The molecule has 2 aromatic carbocycles. The predicted octanol–water partition coefficient (Wildman–Crippen LogP) is 4.26. The highest BCUT2D eigenvalue weighted by molar-refractivity contribution is 14.1. The first-order valence-electron chi connectivity index (χ1n) is 7.39. The quantitative estimate of drug-likeness (QED) is 0.242. The number of halogens is 1. The third kappa shape index (κ3) is 4.44. The highest BCUT2D eigenvalue weighted by Crippen LogP contribution is 2.24. The van der Waals surface area contributed by atoms with E-state index in [9.17, 15) is 9.59 Å². The van der Waals surface area contributed by atoms with Gasteiger partial charge >= 0.3 is 5.97 Å². The Morgan fingerprint density at radius 1 is 1.12 bits per heavy atom. The van der Waals surface area contributed by atoms with Crippen LogP contribution in [-0.4, -0.2) is 12.3 Å². The SMILES string of the molecule is C/C(=C\Nc1ccc(I)cc1)OC(=O)C(C)(C=O)c1ccccc1. The molecule has 0 aliphatic rings. The van der Waals surface area contributed by atoms with Crippen LogP contribution in [0.4, 0.5) is 5.69 Å². The standard InChI is InChI=1S/C19H18INO3/c1-14(12-21-17-10-8-16(20)9-11-17)24-18(23)19(2,13-22)15-6-4-3-5-7-15/h3-13,21H,1-2H3/b14-12+. The fraction of sp³-hybridized carbons (Fsp3) is 0.158. The molecule has 0 saturated heterocycles. The zero-order valence-corrected chi connectivity index (χ0v) is 15.6. The van der Waals surface area contributed by atoms with E-state index in [1.54, 1.807) is 44.3 Å². The zero-order chi connectivity index (χ0) is 17.6. The van der Waals surface area contributed by atoms with Crippen LogP contribution >= 0.6 is 22.6 Å². The Morgan fingerprint density at radius 3 is 2.33 bits per heavy atom. The number of ether oxygens (including phenoxy) is 1. The van der Waals surface area contributed by atoms with Gasteiger partial charge in [-0.3, -0.25) is 4.79 Å². The molecule has 0 radical (unpaired) electrons. The number of carbonyl (C=O) groups is 2. The molecule has 0 bridgehead atoms. The largest absolute Gasteiger partial charge is 0.429 e. The molecule has 4 nitrogen and oxygen atoms in total. The lowest BCUT2D eigenvalue weighted by Crippen LogP contribution is -2.35. The molecule has 0 saturated carbocycles. The second kappa shape index (κ2) is 8.10. The van der Waals surface area contributed by atoms with Gasteiger partial charge in [0.1, 0.15) is 17.5 Å². The van der Waals surface area contributed by atoms with E-state index in [1.807, 2.05) is 30.3 Å². The number of anilines is 1. The molecule has 0 amide bonds. The topological polar surface area (TPSA) is 55.4 Å². The fourth-order valence-corrected chi connectivity index (χ4v) is 2.39. The molecule has 0 fully saturated rings. The minimum atomic E-state index is -1.33. The molecule has 1 N–H and O–H groups in total. The van der Waals surface area contributed by atoms with Crippen molar-refractivity contribution in [2.24, 2.45) is 0 Å². The summed E-state index contributed by atoms with van der Waals surface area (Å²) in [5.41, 5.74) is 0.148. The van der Waals surface area contributed by atoms with Gasteiger partial charge in [0.25, 0.3) is 0 Å².